The molecule has 1 amide bonds. The Morgan fingerprint density at radius 2 is 2.12 bits per heavy atom. The summed E-state index contributed by atoms with van der Waals surface area (Å²) in [6.07, 6.45) is 1.92. The molecule has 1 N–H and O–H groups in total. The molecular formula is C12H20N4O. The Labute approximate surface area is 102 Å². The normalized spacial score (nSPS) is 27.8. The minimum atomic E-state index is -0.158. The molecule has 0 aromatic carbocycles. The van der Waals surface area contributed by atoms with Gasteiger partial charge in [-0.3, -0.25) is 9.69 Å². The minimum absolute atomic E-state index is 0.0669. The summed E-state index contributed by atoms with van der Waals surface area (Å²) in [5, 5.41) is 12.2. The summed E-state index contributed by atoms with van der Waals surface area (Å²) >= 11 is 0. The maximum atomic E-state index is 12.4. The van der Waals surface area contributed by atoms with Gasteiger partial charge in [-0.2, -0.15) is 5.26 Å². The van der Waals surface area contributed by atoms with Crippen molar-refractivity contribution in [2.24, 2.45) is 0 Å². The Morgan fingerprint density at radius 3 is 2.76 bits per heavy atom. The van der Waals surface area contributed by atoms with Gasteiger partial charge in [0.05, 0.1) is 18.2 Å². The molecule has 0 aromatic rings. The molecule has 94 valence electrons. The first kappa shape index (κ1) is 12.3. The molecule has 0 aliphatic carbocycles. The van der Waals surface area contributed by atoms with Gasteiger partial charge < -0.3 is 10.2 Å². The Morgan fingerprint density at radius 1 is 1.41 bits per heavy atom. The second-order valence-corrected chi connectivity index (χ2v) is 4.78. The van der Waals surface area contributed by atoms with Gasteiger partial charge in [-0.05, 0) is 19.8 Å². The number of hydrogen-bond acceptors (Lipinski definition) is 4. The number of nitrogens with zero attached hydrogens (tertiary/aromatic N) is 3. The van der Waals surface area contributed by atoms with Crippen molar-refractivity contribution in [2.75, 3.05) is 32.7 Å². The van der Waals surface area contributed by atoms with E-state index in [4.69, 9.17) is 5.26 Å². The third-order valence-corrected chi connectivity index (χ3v) is 3.69. The molecule has 17 heavy (non-hydrogen) atoms. The first-order valence-electron chi connectivity index (χ1n) is 6.39. The molecule has 2 fully saturated rings. The quantitative estimate of drug-likeness (QED) is 0.721. The monoisotopic (exact) mass is 236 g/mol. The van der Waals surface area contributed by atoms with Crippen LogP contribution in [0.15, 0.2) is 0 Å². The lowest BCUT2D eigenvalue weighted by atomic mass is 10.1. The smallest absolute Gasteiger partial charge is 0.240 e. The molecule has 2 atom stereocenters. The van der Waals surface area contributed by atoms with Gasteiger partial charge in [0.25, 0.3) is 0 Å². The molecule has 0 aromatic heterocycles. The molecule has 2 heterocycles. The topological polar surface area (TPSA) is 59.4 Å². The van der Waals surface area contributed by atoms with Gasteiger partial charge in [0.1, 0.15) is 0 Å². The fourth-order valence-corrected chi connectivity index (χ4v) is 2.69. The van der Waals surface area contributed by atoms with Crippen LogP contribution in [0.3, 0.4) is 0 Å². The Bertz CT molecular complexity index is 319. The SMILES string of the molecule is CC(C#N)N1CCCC1C(=O)N1CCNCC1. The second kappa shape index (κ2) is 5.48. The summed E-state index contributed by atoms with van der Waals surface area (Å²) in [6.45, 7) is 6.10. The van der Waals surface area contributed by atoms with E-state index < -0.39 is 0 Å². The van der Waals surface area contributed by atoms with Crippen LogP contribution >= 0.6 is 0 Å². The van der Waals surface area contributed by atoms with Crippen molar-refractivity contribution in [1.82, 2.24) is 15.1 Å². The molecule has 2 rings (SSSR count). The summed E-state index contributed by atoms with van der Waals surface area (Å²) in [7, 11) is 0. The zero-order valence-electron chi connectivity index (χ0n) is 10.4. The number of piperazine rings is 1. The number of hydrogen-bond donors (Lipinski definition) is 1. The lowest BCUT2D eigenvalue weighted by molar-refractivity contribution is -0.136. The van der Waals surface area contributed by atoms with E-state index in [-0.39, 0.29) is 18.0 Å². The number of nitriles is 1. The standard InChI is InChI=1S/C12H20N4O/c1-10(9-13)16-6-2-3-11(16)12(17)15-7-4-14-5-8-15/h10-11,14H,2-8H2,1H3. The van der Waals surface area contributed by atoms with Crippen molar-refractivity contribution in [2.45, 2.75) is 31.8 Å². The average molecular weight is 236 g/mol. The first-order chi connectivity index (χ1) is 8.24. The van der Waals surface area contributed by atoms with Gasteiger partial charge in [-0.15, -0.1) is 0 Å². The largest absolute Gasteiger partial charge is 0.339 e. The van der Waals surface area contributed by atoms with Gasteiger partial charge in [0.2, 0.25) is 5.91 Å². The molecule has 0 saturated carbocycles. The van der Waals surface area contributed by atoms with Crippen molar-refractivity contribution in [1.29, 1.82) is 5.26 Å². The van der Waals surface area contributed by atoms with Crippen LogP contribution in [0.2, 0.25) is 0 Å². The van der Waals surface area contributed by atoms with Crippen LogP contribution in [0.5, 0.6) is 0 Å². The average Bonchev–Trinajstić information content (AvgIpc) is 2.87. The molecule has 0 spiro atoms. The molecule has 2 aliphatic rings. The van der Waals surface area contributed by atoms with Crippen molar-refractivity contribution in [3.63, 3.8) is 0 Å². The van der Waals surface area contributed by atoms with Gasteiger partial charge in [-0.25, -0.2) is 0 Å². The van der Waals surface area contributed by atoms with Crippen molar-refractivity contribution >= 4 is 5.91 Å². The summed E-state index contributed by atoms with van der Waals surface area (Å²) in [5.74, 6) is 0.214. The Kier molecular flexibility index (Phi) is 3.97. The predicted octanol–water partition coefficient (Wildman–Crippen LogP) is -0.205. The highest BCUT2D eigenvalue weighted by atomic mass is 16.2. The van der Waals surface area contributed by atoms with Crippen LogP contribution in [-0.4, -0.2) is 60.5 Å². The number of amides is 1. The van der Waals surface area contributed by atoms with Crippen LogP contribution in [0, 0.1) is 11.3 Å². The summed E-state index contributed by atoms with van der Waals surface area (Å²) < 4.78 is 0. The second-order valence-electron chi connectivity index (χ2n) is 4.78. The molecule has 2 aliphatic heterocycles. The van der Waals surface area contributed by atoms with Crippen LogP contribution in [-0.2, 0) is 4.79 Å². The van der Waals surface area contributed by atoms with Crippen LogP contribution in [0.1, 0.15) is 19.8 Å². The summed E-state index contributed by atoms with van der Waals surface area (Å²) in [4.78, 5) is 16.4. The van der Waals surface area contributed by atoms with E-state index in [0.29, 0.717) is 0 Å². The van der Waals surface area contributed by atoms with Gasteiger partial charge in [-0.1, -0.05) is 0 Å². The van der Waals surface area contributed by atoms with E-state index in [1.54, 1.807) is 0 Å². The van der Waals surface area contributed by atoms with Gasteiger partial charge in [0, 0.05) is 32.7 Å². The van der Waals surface area contributed by atoms with Crippen LogP contribution < -0.4 is 5.32 Å². The maximum absolute atomic E-state index is 12.4. The highest BCUT2D eigenvalue weighted by Gasteiger charge is 2.36. The number of rotatable bonds is 2. The third-order valence-electron chi connectivity index (χ3n) is 3.69. The van der Waals surface area contributed by atoms with E-state index in [0.717, 1.165) is 45.6 Å². The van der Waals surface area contributed by atoms with Crippen molar-refractivity contribution in [3.05, 3.63) is 0 Å². The van der Waals surface area contributed by atoms with Crippen molar-refractivity contribution in [3.8, 4) is 6.07 Å². The lowest BCUT2D eigenvalue weighted by Gasteiger charge is -2.33. The first-order valence-corrected chi connectivity index (χ1v) is 6.39. The Hall–Kier alpha value is -1.12. The molecule has 2 saturated heterocycles. The van der Waals surface area contributed by atoms with Crippen LogP contribution in [0.4, 0.5) is 0 Å². The van der Waals surface area contributed by atoms with Gasteiger partial charge in [0.15, 0.2) is 0 Å². The fourth-order valence-electron chi connectivity index (χ4n) is 2.69. The van der Waals surface area contributed by atoms with E-state index in [2.05, 4.69) is 11.4 Å². The highest BCUT2D eigenvalue weighted by Crippen LogP contribution is 2.21. The molecule has 5 nitrogen and oxygen atoms in total. The fraction of sp³-hybridized carbons (Fsp3) is 0.833. The zero-order valence-corrected chi connectivity index (χ0v) is 10.4. The molecular weight excluding hydrogens is 216 g/mol. The number of nitrogens with one attached hydrogen (secondary N) is 1. The third kappa shape index (κ3) is 2.59. The lowest BCUT2D eigenvalue weighted by Crippen LogP contribution is -2.53. The minimum Gasteiger partial charge on any atom is -0.339 e. The maximum Gasteiger partial charge on any atom is 0.240 e. The predicted molar refractivity (Wildman–Crippen MR) is 64.3 cm³/mol. The molecule has 2 unspecified atom stereocenters. The molecule has 0 bridgehead atoms. The number of carbonyl (C=O) groups is 1. The van der Waals surface area contributed by atoms with E-state index in [9.17, 15) is 4.79 Å². The van der Waals surface area contributed by atoms with Gasteiger partial charge >= 0.3 is 0 Å². The summed E-state index contributed by atoms with van der Waals surface area (Å²) in [5.41, 5.74) is 0. The molecule has 0 radical (unpaired) electrons. The number of likely N-dealkylation sites (tertiary alicyclic amines) is 1. The Balaban J connectivity index is 2.00. The van der Waals surface area contributed by atoms with Crippen LogP contribution in [0.25, 0.3) is 0 Å². The zero-order chi connectivity index (χ0) is 12.3. The van der Waals surface area contributed by atoms with E-state index in [1.165, 1.54) is 0 Å². The van der Waals surface area contributed by atoms with E-state index in [1.807, 2.05) is 16.7 Å². The van der Waals surface area contributed by atoms with Crippen molar-refractivity contribution < 1.29 is 4.79 Å². The van der Waals surface area contributed by atoms with E-state index >= 15 is 0 Å². The highest BCUT2D eigenvalue weighted by molar-refractivity contribution is 5.82. The number of carbonyl (C=O) groups excluding carboxylic acids is 1. The summed E-state index contributed by atoms with van der Waals surface area (Å²) in [6, 6.07) is 2.01. The molecule has 5 heteroatoms.